The second-order valence-electron chi connectivity index (χ2n) is 5.77. The SMILES string of the molecule is O=C1C(Br)=C(c2ccc(S(=O)(=O)Nc3nncs3)cc2)C(=O)c2ccccc21. The zero-order chi connectivity index (χ0) is 19.9. The lowest BCUT2D eigenvalue weighted by atomic mass is 9.86. The van der Waals surface area contributed by atoms with Gasteiger partial charge in [-0.15, -0.1) is 10.2 Å². The number of carbonyl (C=O) groups is 2. The Morgan fingerprint density at radius 3 is 2.18 bits per heavy atom. The van der Waals surface area contributed by atoms with E-state index in [1.165, 1.54) is 29.8 Å². The molecule has 0 atom stereocenters. The first kappa shape index (κ1) is 18.7. The molecule has 0 radical (unpaired) electrons. The maximum absolute atomic E-state index is 12.9. The summed E-state index contributed by atoms with van der Waals surface area (Å²) < 4.78 is 27.3. The molecule has 10 heteroatoms. The summed E-state index contributed by atoms with van der Waals surface area (Å²) in [5.41, 5.74) is 2.71. The Balaban J connectivity index is 1.70. The van der Waals surface area contributed by atoms with Gasteiger partial charge in [0.15, 0.2) is 5.78 Å². The average molecular weight is 476 g/mol. The molecule has 1 heterocycles. The van der Waals surface area contributed by atoms with Crippen LogP contribution in [0.5, 0.6) is 0 Å². The Morgan fingerprint density at radius 1 is 0.929 bits per heavy atom. The molecule has 1 N–H and O–H groups in total. The Labute approximate surface area is 172 Å². The van der Waals surface area contributed by atoms with E-state index in [0.717, 1.165) is 11.3 Å². The molecular formula is C18H10BrN3O4S2. The average Bonchev–Trinajstić information content (AvgIpc) is 3.19. The Hall–Kier alpha value is -2.69. The molecule has 0 bridgehead atoms. The van der Waals surface area contributed by atoms with Gasteiger partial charge in [0.05, 0.1) is 9.38 Å². The molecule has 4 rings (SSSR count). The number of ketones is 2. The van der Waals surface area contributed by atoms with Crippen molar-refractivity contribution in [2.24, 2.45) is 0 Å². The maximum Gasteiger partial charge on any atom is 0.263 e. The molecule has 1 aliphatic carbocycles. The van der Waals surface area contributed by atoms with Crippen LogP contribution in [-0.4, -0.2) is 30.2 Å². The fourth-order valence-corrected chi connectivity index (χ4v) is 5.11. The predicted octanol–water partition coefficient (Wildman–Crippen LogP) is 3.52. The summed E-state index contributed by atoms with van der Waals surface area (Å²) >= 11 is 4.29. The molecule has 0 saturated carbocycles. The van der Waals surface area contributed by atoms with Crippen molar-refractivity contribution in [2.45, 2.75) is 4.90 Å². The van der Waals surface area contributed by atoms with Crippen molar-refractivity contribution in [3.63, 3.8) is 0 Å². The summed E-state index contributed by atoms with van der Waals surface area (Å²) in [6, 6.07) is 12.3. The highest BCUT2D eigenvalue weighted by atomic mass is 79.9. The van der Waals surface area contributed by atoms with Crippen LogP contribution < -0.4 is 4.72 Å². The van der Waals surface area contributed by atoms with Gasteiger partial charge in [0, 0.05) is 16.7 Å². The van der Waals surface area contributed by atoms with Gasteiger partial charge in [0.25, 0.3) is 10.0 Å². The molecule has 140 valence electrons. The molecule has 28 heavy (non-hydrogen) atoms. The molecular weight excluding hydrogens is 466 g/mol. The standard InChI is InChI=1S/C18H10BrN3O4S2/c19-15-14(16(23)12-3-1-2-4-13(12)17(15)24)10-5-7-11(8-6-10)28(25,26)22-18-21-20-9-27-18/h1-9H,(H,21,22). The van der Waals surface area contributed by atoms with E-state index in [-0.39, 0.29) is 31.6 Å². The summed E-state index contributed by atoms with van der Waals surface area (Å²) in [5, 5.41) is 7.38. The largest absolute Gasteiger partial charge is 0.289 e. The number of Topliss-reactive ketones (excluding diaryl/α,β-unsaturated/α-hetero) is 2. The van der Waals surface area contributed by atoms with E-state index < -0.39 is 10.0 Å². The molecule has 0 aliphatic heterocycles. The van der Waals surface area contributed by atoms with E-state index >= 15 is 0 Å². The van der Waals surface area contributed by atoms with E-state index in [2.05, 4.69) is 30.8 Å². The molecule has 1 aliphatic rings. The zero-order valence-corrected chi connectivity index (χ0v) is 17.1. The first-order valence-corrected chi connectivity index (χ1v) is 11.0. The third-order valence-electron chi connectivity index (χ3n) is 4.10. The first-order valence-electron chi connectivity index (χ1n) is 7.86. The number of fused-ring (bicyclic) bond motifs is 1. The molecule has 0 fully saturated rings. The van der Waals surface area contributed by atoms with Gasteiger partial charge in [-0.25, -0.2) is 8.42 Å². The van der Waals surface area contributed by atoms with Crippen LogP contribution in [0.15, 0.2) is 63.4 Å². The van der Waals surface area contributed by atoms with Gasteiger partial charge in [-0.1, -0.05) is 47.7 Å². The van der Waals surface area contributed by atoms with Crippen LogP contribution in [0.4, 0.5) is 5.13 Å². The maximum atomic E-state index is 12.9. The zero-order valence-electron chi connectivity index (χ0n) is 13.9. The summed E-state index contributed by atoms with van der Waals surface area (Å²) in [4.78, 5) is 25.5. The minimum Gasteiger partial charge on any atom is -0.289 e. The van der Waals surface area contributed by atoms with E-state index in [9.17, 15) is 18.0 Å². The summed E-state index contributed by atoms with van der Waals surface area (Å²) in [6.45, 7) is 0. The number of hydrogen-bond acceptors (Lipinski definition) is 7. The molecule has 1 aromatic heterocycles. The second kappa shape index (κ2) is 7.04. The highest BCUT2D eigenvalue weighted by Crippen LogP contribution is 2.35. The van der Waals surface area contributed by atoms with Gasteiger partial charge < -0.3 is 0 Å². The third kappa shape index (κ3) is 3.19. The Morgan fingerprint density at radius 2 is 1.57 bits per heavy atom. The highest BCUT2D eigenvalue weighted by molar-refractivity contribution is 9.12. The summed E-state index contributed by atoms with van der Waals surface area (Å²) in [5.74, 6) is -0.593. The van der Waals surface area contributed by atoms with Gasteiger partial charge in [0.2, 0.25) is 10.9 Å². The van der Waals surface area contributed by atoms with Crippen LogP contribution in [0.3, 0.4) is 0 Å². The highest BCUT2D eigenvalue weighted by Gasteiger charge is 2.31. The number of anilines is 1. The number of nitrogens with one attached hydrogen (secondary N) is 1. The predicted molar refractivity (Wildman–Crippen MR) is 108 cm³/mol. The number of aromatic nitrogens is 2. The fraction of sp³-hybridized carbons (Fsp3) is 0. The second-order valence-corrected chi connectivity index (χ2v) is 9.08. The van der Waals surface area contributed by atoms with Gasteiger partial charge in [-0.2, -0.15) is 0 Å². The molecule has 0 unspecified atom stereocenters. The Bertz CT molecular complexity index is 1230. The monoisotopic (exact) mass is 475 g/mol. The topological polar surface area (TPSA) is 106 Å². The van der Waals surface area contributed by atoms with Crippen molar-refractivity contribution >= 4 is 59.6 Å². The van der Waals surface area contributed by atoms with Crippen molar-refractivity contribution in [3.05, 3.63) is 75.2 Å². The van der Waals surface area contributed by atoms with Gasteiger partial charge >= 0.3 is 0 Å². The van der Waals surface area contributed by atoms with Gasteiger partial charge in [0.1, 0.15) is 5.51 Å². The van der Waals surface area contributed by atoms with Crippen LogP contribution in [-0.2, 0) is 10.0 Å². The van der Waals surface area contributed by atoms with Crippen LogP contribution in [0, 0.1) is 0 Å². The first-order chi connectivity index (χ1) is 13.4. The smallest absolute Gasteiger partial charge is 0.263 e. The lowest BCUT2D eigenvalue weighted by Gasteiger charge is -2.18. The minimum absolute atomic E-state index is 0.00171. The van der Waals surface area contributed by atoms with Crippen molar-refractivity contribution < 1.29 is 18.0 Å². The number of nitrogens with zero attached hydrogens (tertiary/aromatic N) is 2. The molecule has 0 spiro atoms. The van der Waals surface area contributed by atoms with Gasteiger partial charge in [-0.05, 0) is 33.6 Å². The number of halogens is 1. The third-order valence-corrected chi connectivity index (χ3v) is 6.94. The van der Waals surface area contributed by atoms with Gasteiger partial charge in [-0.3, -0.25) is 14.3 Å². The lowest BCUT2D eigenvalue weighted by molar-refractivity contribution is 0.0999. The number of rotatable bonds is 4. The molecule has 0 amide bonds. The number of hydrogen-bond donors (Lipinski definition) is 1. The van der Waals surface area contributed by atoms with Crippen LogP contribution in [0.2, 0.25) is 0 Å². The number of benzene rings is 2. The summed E-state index contributed by atoms with van der Waals surface area (Å²) in [6.07, 6.45) is 0. The normalized spacial score (nSPS) is 14.2. The van der Waals surface area contributed by atoms with Crippen molar-refractivity contribution in [1.29, 1.82) is 0 Å². The number of carbonyl (C=O) groups excluding carboxylic acids is 2. The lowest BCUT2D eigenvalue weighted by Crippen LogP contribution is -2.19. The molecule has 2 aromatic carbocycles. The summed E-state index contributed by atoms with van der Waals surface area (Å²) in [7, 11) is -3.84. The van der Waals surface area contributed by atoms with Crippen LogP contribution in [0.25, 0.3) is 5.57 Å². The van der Waals surface area contributed by atoms with E-state index in [0.29, 0.717) is 16.7 Å². The Kier molecular flexibility index (Phi) is 4.69. The quantitative estimate of drug-likeness (QED) is 0.618. The minimum atomic E-state index is -3.84. The van der Waals surface area contributed by atoms with Crippen molar-refractivity contribution in [1.82, 2.24) is 10.2 Å². The van der Waals surface area contributed by atoms with Crippen molar-refractivity contribution in [3.8, 4) is 0 Å². The van der Waals surface area contributed by atoms with Crippen LogP contribution >= 0.6 is 27.3 Å². The molecule has 7 nitrogen and oxygen atoms in total. The number of sulfonamides is 1. The van der Waals surface area contributed by atoms with Crippen molar-refractivity contribution in [2.75, 3.05) is 4.72 Å². The molecule has 3 aromatic rings. The van der Waals surface area contributed by atoms with E-state index in [4.69, 9.17) is 0 Å². The molecule has 0 saturated heterocycles. The van der Waals surface area contributed by atoms with Crippen LogP contribution in [0.1, 0.15) is 26.3 Å². The van der Waals surface area contributed by atoms with E-state index in [1.54, 1.807) is 24.3 Å². The number of allylic oxidation sites excluding steroid dienone is 2. The van der Waals surface area contributed by atoms with E-state index in [1.807, 2.05) is 0 Å². The fourth-order valence-electron chi connectivity index (χ4n) is 2.80.